The molecule has 0 amide bonds. The summed E-state index contributed by atoms with van der Waals surface area (Å²) in [5.41, 5.74) is 0. The molecule has 0 saturated heterocycles. The van der Waals surface area contributed by atoms with Gasteiger partial charge in [-0.25, -0.2) is 0 Å². The van der Waals surface area contributed by atoms with E-state index in [4.69, 9.17) is 4.74 Å². The third-order valence-electron chi connectivity index (χ3n) is 2.51. The van der Waals surface area contributed by atoms with Crippen molar-refractivity contribution in [2.45, 2.75) is 25.3 Å². The maximum absolute atomic E-state index is 10.7. The summed E-state index contributed by atoms with van der Waals surface area (Å²) in [6.45, 7) is 1.35. The third-order valence-corrected chi connectivity index (χ3v) is 2.51. The van der Waals surface area contributed by atoms with E-state index in [0.717, 1.165) is 13.0 Å². The van der Waals surface area contributed by atoms with Gasteiger partial charge < -0.3 is 20.2 Å². The van der Waals surface area contributed by atoms with E-state index in [2.05, 4.69) is 10.3 Å². The number of hydrogen-bond donors (Lipinski definition) is 1. The van der Waals surface area contributed by atoms with Crippen LogP contribution in [-0.4, -0.2) is 29.1 Å². The van der Waals surface area contributed by atoms with Gasteiger partial charge in [0, 0.05) is 6.04 Å². The van der Waals surface area contributed by atoms with Gasteiger partial charge in [0.2, 0.25) is 5.75 Å². The van der Waals surface area contributed by atoms with Crippen LogP contribution in [0.1, 0.15) is 19.3 Å². The van der Waals surface area contributed by atoms with Crippen molar-refractivity contribution < 1.29 is 9.66 Å². The van der Waals surface area contributed by atoms with E-state index < -0.39 is 4.92 Å². The number of ether oxygens (including phenoxy) is 1. The molecule has 0 radical (unpaired) electrons. The lowest BCUT2D eigenvalue weighted by molar-refractivity contribution is -0.390. The molecule has 17 heavy (non-hydrogen) atoms. The number of hydrogen-bond acceptors (Lipinski definition) is 5. The van der Waals surface area contributed by atoms with Crippen LogP contribution in [-0.2, 0) is 0 Å². The van der Waals surface area contributed by atoms with Gasteiger partial charge in [0.15, 0.2) is 0 Å². The Balaban J connectivity index is 1.75. The Morgan fingerprint density at radius 2 is 2.41 bits per heavy atom. The Morgan fingerprint density at radius 1 is 1.59 bits per heavy atom. The second-order valence-electron chi connectivity index (χ2n) is 4.01. The third kappa shape index (κ3) is 3.67. The first-order chi connectivity index (χ1) is 8.27. The van der Waals surface area contributed by atoms with Crippen molar-refractivity contribution in [1.82, 2.24) is 10.3 Å². The van der Waals surface area contributed by atoms with E-state index in [1.165, 1.54) is 19.0 Å². The van der Waals surface area contributed by atoms with Crippen molar-refractivity contribution in [2.75, 3.05) is 13.2 Å². The van der Waals surface area contributed by atoms with E-state index in [1.807, 2.05) is 0 Å². The van der Waals surface area contributed by atoms with Crippen LogP contribution in [0.25, 0.3) is 0 Å². The number of pyridine rings is 1. The van der Waals surface area contributed by atoms with Gasteiger partial charge in [-0.05, 0) is 47.8 Å². The molecule has 1 heterocycles. The highest BCUT2D eigenvalue weighted by molar-refractivity contribution is 5.38. The van der Waals surface area contributed by atoms with Crippen molar-refractivity contribution in [3.8, 4) is 5.75 Å². The molecule has 92 valence electrons. The fourth-order valence-corrected chi connectivity index (χ4v) is 1.48. The minimum Gasteiger partial charge on any atom is -0.486 e. The molecule has 0 aromatic carbocycles. The van der Waals surface area contributed by atoms with Gasteiger partial charge in [0.1, 0.15) is 6.20 Å². The first-order valence-electron chi connectivity index (χ1n) is 5.73. The maximum Gasteiger partial charge on any atom is 0.406 e. The predicted octanol–water partition coefficient (Wildman–Crippen LogP) is 1.51. The zero-order valence-corrected chi connectivity index (χ0v) is 9.46. The lowest BCUT2D eigenvalue weighted by Crippen LogP contribution is -2.19. The quantitative estimate of drug-likeness (QED) is 0.442. The molecule has 1 saturated carbocycles. The molecule has 0 spiro atoms. The molecular formula is C11H15N3O3. The average Bonchev–Trinajstić information content (AvgIpc) is 3.13. The normalized spacial score (nSPS) is 14.6. The second-order valence-corrected chi connectivity index (χ2v) is 4.01. The van der Waals surface area contributed by atoms with Gasteiger partial charge in [-0.15, -0.1) is 0 Å². The molecule has 2 rings (SSSR count). The summed E-state index contributed by atoms with van der Waals surface area (Å²) in [7, 11) is 0. The second kappa shape index (κ2) is 5.58. The molecular weight excluding hydrogens is 222 g/mol. The minimum absolute atomic E-state index is 0.220. The lowest BCUT2D eigenvalue weighted by atomic mass is 10.4. The van der Waals surface area contributed by atoms with Gasteiger partial charge in [-0.2, -0.15) is 0 Å². The summed E-state index contributed by atoms with van der Waals surface area (Å²) in [6, 6.07) is 3.88. The number of nitro groups is 1. The van der Waals surface area contributed by atoms with Gasteiger partial charge in [-0.1, -0.05) is 0 Å². The molecule has 1 N–H and O–H groups in total. The summed E-state index contributed by atoms with van der Waals surface area (Å²) in [4.78, 5) is 13.8. The highest BCUT2D eigenvalue weighted by Gasteiger charge is 2.19. The fourth-order valence-electron chi connectivity index (χ4n) is 1.48. The average molecular weight is 237 g/mol. The van der Waals surface area contributed by atoms with E-state index >= 15 is 0 Å². The summed E-state index contributed by atoms with van der Waals surface area (Å²) >= 11 is 0. The number of nitrogens with zero attached hydrogens (tertiary/aromatic N) is 2. The molecule has 1 fully saturated rings. The maximum atomic E-state index is 10.7. The summed E-state index contributed by atoms with van der Waals surface area (Å²) in [6.07, 6.45) is 4.74. The highest BCUT2D eigenvalue weighted by atomic mass is 16.6. The molecule has 1 aromatic heterocycles. The largest absolute Gasteiger partial charge is 0.486 e. The Hall–Kier alpha value is -1.69. The Morgan fingerprint density at radius 3 is 3.12 bits per heavy atom. The van der Waals surface area contributed by atoms with Crippen LogP contribution in [0.4, 0.5) is 5.82 Å². The predicted molar refractivity (Wildman–Crippen MR) is 62.0 cm³/mol. The smallest absolute Gasteiger partial charge is 0.406 e. The zero-order chi connectivity index (χ0) is 12.1. The van der Waals surface area contributed by atoms with Crippen LogP contribution in [0.5, 0.6) is 5.75 Å². The van der Waals surface area contributed by atoms with Crippen LogP contribution < -0.4 is 10.1 Å². The summed E-state index contributed by atoms with van der Waals surface area (Å²) < 4.78 is 5.36. The van der Waals surface area contributed by atoms with Crippen molar-refractivity contribution >= 4 is 5.82 Å². The van der Waals surface area contributed by atoms with E-state index in [0.29, 0.717) is 12.6 Å². The first kappa shape index (κ1) is 11.8. The van der Waals surface area contributed by atoms with Gasteiger partial charge in [0.25, 0.3) is 0 Å². The lowest BCUT2D eigenvalue weighted by Gasteiger charge is -2.06. The molecule has 1 aliphatic rings. The van der Waals surface area contributed by atoms with E-state index in [1.54, 1.807) is 12.1 Å². The van der Waals surface area contributed by atoms with Crippen molar-refractivity contribution in [3.63, 3.8) is 0 Å². The highest BCUT2D eigenvalue weighted by Crippen LogP contribution is 2.23. The van der Waals surface area contributed by atoms with Crippen LogP contribution in [0.3, 0.4) is 0 Å². The molecule has 0 aliphatic heterocycles. The molecule has 0 bridgehead atoms. The number of aromatic nitrogens is 1. The first-order valence-corrected chi connectivity index (χ1v) is 5.73. The molecule has 0 unspecified atom stereocenters. The summed E-state index contributed by atoms with van der Waals surface area (Å²) in [5.74, 6) is 0.0200. The Bertz CT molecular complexity index is 393. The molecule has 1 aliphatic carbocycles. The van der Waals surface area contributed by atoms with Crippen LogP contribution in [0.2, 0.25) is 0 Å². The Kier molecular flexibility index (Phi) is 3.87. The number of nitrogens with one attached hydrogen (secondary N) is 1. The van der Waals surface area contributed by atoms with Crippen LogP contribution in [0, 0.1) is 10.1 Å². The fraction of sp³-hybridized carbons (Fsp3) is 0.545. The molecule has 6 heteroatoms. The standard InChI is InChI=1S/C11H15N3O3/c15-14(16)11-10(3-1-6-13-11)17-8-2-7-12-9-4-5-9/h1,3,6,9,12H,2,4-5,7-8H2. The van der Waals surface area contributed by atoms with Crippen molar-refractivity contribution in [1.29, 1.82) is 0 Å². The van der Waals surface area contributed by atoms with Gasteiger partial charge >= 0.3 is 5.82 Å². The van der Waals surface area contributed by atoms with Crippen LogP contribution in [0.15, 0.2) is 18.3 Å². The monoisotopic (exact) mass is 237 g/mol. The van der Waals surface area contributed by atoms with Crippen molar-refractivity contribution in [3.05, 3.63) is 28.4 Å². The minimum atomic E-state index is -0.530. The SMILES string of the molecule is O=[N+]([O-])c1ncccc1OCCCNC1CC1. The summed E-state index contributed by atoms with van der Waals surface area (Å²) in [5, 5.41) is 14.0. The molecule has 0 atom stereocenters. The topological polar surface area (TPSA) is 77.3 Å². The van der Waals surface area contributed by atoms with Gasteiger partial charge in [-0.3, -0.25) is 0 Å². The van der Waals surface area contributed by atoms with Gasteiger partial charge in [0.05, 0.1) is 6.61 Å². The van der Waals surface area contributed by atoms with E-state index in [9.17, 15) is 10.1 Å². The van der Waals surface area contributed by atoms with Crippen molar-refractivity contribution in [2.24, 2.45) is 0 Å². The molecule has 6 nitrogen and oxygen atoms in total. The molecule has 1 aromatic rings. The zero-order valence-electron chi connectivity index (χ0n) is 9.46. The van der Waals surface area contributed by atoms with Crippen LogP contribution >= 0.6 is 0 Å². The number of rotatable bonds is 7. The van der Waals surface area contributed by atoms with E-state index in [-0.39, 0.29) is 11.6 Å². The Labute approximate surface area is 99.2 Å².